The first-order chi connectivity index (χ1) is 14.1. The van der Waals surface area contributed by atoms with Crippen LogP contribution < -0.4 is 14.8 Å². The summed E-state index contributed by atoms with van der Waals surface area (Å²) in [5.41, 5.74) is 1.09. The lowest BCUT2D eigenvalue weighted by Gasteiger charge is -2.38. The minimum Gasteiger partial charge on any atom is -0.494 e. The molecule has 0 radical (unpaired) electrons. The van der Waals surface area contributed by atoms with E-state index in [-0.39, 0.29) is 11.3 Å². The molecule has 0 unspecified atom stereocenters. The van der Waals surface area contributed by atoms with Crippen molar-refractivity contribution >= 4 is 17.5 Å². The van der Waals surface area contributed by atoms with E-state index >= 15 is 0 Å². The van der Waals surface area contributed by atoms with Crippen molar-refractivity contribution in [2.45, 2.75) is 31.6 Å². The van der Waals surface area contributed by atoms with Gasteiger partial charge in [0.1, 0.15) is 11.5 Å². The largest absolute Gasteiger partial charge is 0.494 e. The van der Waals surface area contributed by atoms with Gasteiger partial charge in [0.2, 0.25) is 5.91 Å². The molecule has 1 aliphatic heterocycles. The summed E-state index contributed by atoms with van der Waals surface area (Å²) in [5, 5.41) is 3.71. The van der Waals surface area contributed by atoms with E-state index in [4.69, 9.17) is 25.8 Å². The summed E-state index contributed by atoms with van der Waals surface area (Å²) in [4.78, 5) is 12.4. The molecule has 0 aromatic heterocycles. The number of ether oxygens (including phenoxy) is 3. The maximum atomic E-state index is 12.4. The Labute approximate surface area is 177 Å². The Morgan fingerprint density at radius 3 is 2.55 bits per heavy atom. The zero-order valence-corrected chi connectivity index (χ0v) is 17.5. The van der Waals surface area contributed by atoms with Crippen molar-refractivity contribution in [3.05, 3.63) is 59.1 Å². The van der Waals surface area contributed by atoms with E-state index in [1.54, 1.807) is 12.1 Å². The molecule has 0 bridgehead atoms. The van der Waals surface area contributed by atoms with Gasteiger partial charge in [-0.05, 0) is 55.7 Å². The number of carbonyl (C=O) groups excluding carboxylic acids is 1. The van der Waals surface area contributed by atoms with Gasteiger partial charge in [-0.3, -0.25) is 4.79 Å². The van der Waals surface area contributed by atoms with E-state index in [0.29, 0.717) is 50.2 Å². The minimum absolute atomic E-state index is 0.0242. The summed E-state index contributed by atoms with van der Waals surface area (Å²) in [5.74, 6) is 1.50. The predicted molar refractivity (Wildman–Crippen MR) is 114 cm³/mol. The Morgan fingerprint density at radius 2 is 1.86 bits per heavy atom. The molecular formula is C23H28ClNO4. The zero-order valence-electron chi connectivity index (χ0n) is 16.8. The highest BCUT2D eigenvalue weighted by Crippen LogP contribution is 2.35. The highest BCUT2D eigenvalue weighted by molar-refractivity contribution is 6.30. The Kier molecular flexibility index (Phi) is 7.78. The van der Waals surface area contributed by atoms with Gasteiger partial charge in [0.05, 0.1) is 19.6 Å². The normalized spacial score (nSPS) is 15.5. The molecule has 1 saturated heterocycles. The maximum Gasteiger partial charge on any atom is 0.223 e. The first-order valence-corrected chi connectivity index (χ1v) is 10.5. The van der Waals surface area contributed by atoms with Crippen molar-refractivity contribution in [2.24, 2.45) is 0 Å². The minimum atomic E-state index is -0.119. The summed E-state index contributed by atoms with van der Waals surface area (Å²) in [6.45, 7) is 4.90. The molecule has 1 N–H and O–H groups in total. The molecule has 0 spiro atoms. The fraction of sp³-hybridized carbons (Fsp3) is 0.435. The van der Waals surface area contributed by atoms with Gasteiger partial charge in [0.25, 0.3) is 0 Å². The molecular weight excluding hydrogens is 390 g/mol. The lowest BCUT2D eigenvalue weighted by Crippen LogP contribution is -2.44. The molecule has 0 atom stereocenters. The second-order valence-electron chi connectivity index (χ2n) is 7.18. The Bertz CT molecular complexity index is 788. The van der Waals surface area contributed by atoms with Crippen LogP contribution in [0.5, 0.6) is 11.5 Å². The summed E-state index contributed by atoms with van der Waals surface area (Å²) >= 11 is 5.95. The number of rotatable bonds is 9. The monoisotopic (exact) mass is 417 g/mol. The molecule has 3 rings (SSSR count). The molecule has 0 aliphatic carbocycles. The highest BCUT2D eigenvalue weighted by Gasteiger charge is 2.34. The number of nitrogens with one attached hydrogen (secondary N) is 1. The molecule has 0 saturated carbocycles. The van der Waals surface area contributed by atoms with Gasteiger partial charge in [-0.15, -0.1) is 0 Å². The van der Waals surface area contributed by atoms with Crippen molar-refractivity contribution < 1.29 is 19.0 Å². The molecule has 1 aliphatic rings. The fourth-order valence-electron chi connectivity index (χ4n) is 3.58. The number of hydrogen-bond acceptors (Lipinski definition) is 4. The number of hydrogen-bond donors (Lipinski definition) is 1. The van der Waals surface area contributed by atoms with Crippen molar-refractivity contribution in [2.75, 3.05) is 33.0 Å². The summed E-state index contributed by atoms with van der Waals surface area (Å²) in [6.07, 6.45) is 2.04. The highest BCUT2D eigenvalue weighted by atomic mass is 35.5. The van der Waals surface area contributed by atoms with Crippen LogP contribution >= 0.6 is 11.6 Å². The molecule has 2 aromatic rings. The molecule has 156 valence electrons. The maximum absolute atomic E-state index is 12.4. The Hall–Kier alpha value is -2.24. The van der Waals surface area contributed by atoms with Crippen LogP contribution in [0.25, 0.3) is 0 Å². The van der Waals surface area contributed by atoms with Crippen LogP contribution in [-0.2, 0) is 14.9 Å². The van der Waals surface area contributed by atoms with Gasteiger partial charge >= 0.3 is 0 Å². The van der Waals surface area contributed by atoms with Crippen molar-refractivity contribution in [1.82, 2.24) is 5.32 Å². The van der Waals surface area contributed by atoms with Gasteiger partial charge in [0.15, 0.2) is 0 Å². The van der Waals surface area contributed by atoms with Crippen molar-refractivity contribution in [1.29, 1.82) is 0 Å². The first kappa shape index (κ1) is 21.5. The van der Waals surface area contributed by atoms with E-state index in [1.807, 2.05) is 31.2 Å². The lowest BCUT2D eigenvalue weighted by atomic mass is 9.74. The van der Waals surface area contributed by atoms with Crippen LogP contribution in [0.1, 0.15) is 31.7 Å². The molecule has 1 heterocycles. The third-order valence-electron chi connectivity index (χ3n) is 5.25. The van der Waals surface area contributed by atoms with Gasteiger partial charge in [-0.1, -0.05) is 29.8 Å². The van der Waals surface area contributed by atoms with Gasteiger partial charge in [-0.2, -0.15) is 0 Å². The van der Waals surface area contributed by atoms with E-state index in [9.17, 15) is 4.79 Å². The van der Waals surface area contributed by atoms with Crippen molar-refractivity contribution in [3.8, 4) is 11.5 Å². The van der Waals surface area contributed by atoms with E-state index in [1.165, 1.54) is 5.56 Å². The summed E-state index contributed by atoms with van der Waals surface area (Å²) < 4.78 is 16.7. The number of amides is 1. The number of halogens is 1. The van der Waals surface area contributed by atoms with Crippen LogP contribution in [0.4, 0.5) is 0 Å². The predicted octanol–water partition coefficient (Wildman–Crippen LogP) is 4.37. The zero-order chi connectivity index (χ0) is 20.5. The molecule has 1 amide bonds. The third-order valence-corrected chi connectivity index (χ3v) is 5.48. The van der Waals surface area contributed by atoms with E-state index in [2.05, 4.69) is 17.4 Å². The number of carbonyl (C=O) groups is 1. The average molecular weight is 418 g/mol. The number of benzene rings is 2. The lowest BCUT2D eigenvalue weighted by molar-refractivity contribution is -0.122. The van der Waals surface area contributed by atoms with Gasteiger partial charge in [0, 0.05) is 30.2 Å². The van der Waals surface area contributed by atoms with Crippen LogP contribution in [-0.4, -0.2) is 38.9 Å². The Balaban J connectivity index is 1.55. The average Bonchev–Trinajstić information content (AvgIpc) is 2.74. The second kappa shape index (κ2) is 10.5. The fourth-order valence-corrected chi connectivity index (χ4v) is 3.76. The van der Waals surface area contributed by atoms with Crippen molar-refractivity contribution in [3.63, 3.8) is 0 Å². The quantitative estimate of drug-likeness (QED) is 0.658. The smallest absolute Gasteiger partial charge is 0.223 e. The summed E-state index contributed by atoms with van der Waals surface area (Å²) in [7, 11) is 0. The van der Waals surface area contributed by atoms with Crippen LogP contribution in [0.3, 0.4) is 0 Å². The summed E-state index contributed by atoms with van der Waals surface area (Å²) in [6, 6.07) is 15.4. The standard InChI is InChI=1S/C23H28ClNO4/c1-2-28-20-8-6-18(7-9-20)23(11-14-27-15-12-23)17-25-22(26)10-13-29-21-5-3-4-19(24)16-21/h3-9,16H,2,10-15,17H2,1H3,(H,25,26). The topological polar surface area (TPSA) is 56.8 Å². The van der Waals surface area contributed by atoms with Crippen LogP contribution in [0.15, 0.2) is 48.5 Å². The Morgan fingerprint density at radius 1 is 1.10 bits per heavy atom. The van der Waals surface area contributed by atoms with Gasteiger partial charge < -0.3 is 19.5 Å². The SMILES string of the molecule is CCOc1ccc(C2(CNC(=O)CCOc3cccc(Cl)c3)CCOCC2)cc1. The third kappa shape index (κ3) is 6.12. The molecule has 5 nitrogen and oxygen atoms in total. The second-order valence-corrected chi connectivity index (χ2v) is 7.62. The molecule has 2 aromatic carbocycles. The van der Waals surface area contributed by atoms with E-state index in [0.717, 1.165) is 18.6 Å². The van der Waals surface area contributed by atoms with Crippen LogP contribution in [0, 0.1) is 0 Å². The van der Waals surface area contributed by atoms with Gasteiger partial charge in [-0.25, -0.2) is 0 Å². The molecule has 6 heteroatoms. The van der Waals surface area contributed by atoms with E-state index < -0.39 is 0 Å². The molecule has 29 heavy (non-hydrogen) atoms. The van der Waals surface area contributed by atoms with Crippen LogP contribution in [0.2, 0.25) is 5.02 Å². The molecule has 1 fully saturated rings. The first-order valence-electron chi connectivity index (χ1n) is 10.1.